The Labute approximate surface area is 203 Å². The van der Waals surface area contributed by atoms with E-state index < -0.39 is 11.9 Å². The van der Waals surface area contributed by atoms with Gasteiger partial charge in [-0.2, -0.15) is 0 Å². The molecule has 35 heavy (non-hydrogen) atoms. The van der Waals surface area contributed by atoms with Crippen LogP contribution in [-0.2, 0) is 22.7 Å². The Hall–Kier alpha value is -4.01. The van der Waals surface area contributed by atoms with Gasteiger partial charge in [0.2, 0.25) is 0 Å². The molecule has 8 heteroatoms. The zero-order valence-electron chi connectivity index (χ0n) is 19.2. The summed E-state index contributed by atoms with van der Waals surface area (Å²) in [6.45, 7) is 4.24. The van der Waals surface area contributed by atoms with Gasteiger partial charge >= 0.3 is 11.9 Å². The fourth-order valence-electron chi connectivity index (χ4n) is 4.19. The van der Waals surface area contributed by atoms with Gasteiger partial charge in [0.15, 0.2) is 0 Å². The summed E-state index contributed by atoms with van der Waals surface area (Å²) in [6, 6.07) is 28.4. The molecule has 3 aromatic carbocycles. The third-order valence-electron chi connectivity index (χ3n) is 5.97. The molecule has 3 N–H and O–H groups in total. The van der Waals surface area contributed by atoms with Gasteiger partial charge in [-0.1, -0.05) is 54.6 Å². The van der Waals surface area contributed by atoms with Crippen molar-refractivity contribution in [3.8, 4) is 5.69 Å². The number of carbonyl (C=O) groups is 2. The molecular formula is C27H28N4O4. The number of fused-ring (bicyclic) bond motifs is 1. The molecule has 0 radical (unpaired) electrons. The molecule has 0 spiro atoms. The Balaban J connectivity index is 0.000000431. The van der Waals surface area contributed by atoms with Crippen LogP contribution in [0, 0.1) is 0 Å². The summed E-state index contributed by atoms with van der Waals surface area (Å²) in [5, 5.41) is 18.5. The van der Waals surface area contributed by atoms with Gasteiger partial charge < -0.3 is 15.5 Å². The lowest BCUT2D eigenvalue weighted by molar-refractivity contribution is -0.159. The second-order valence-corrected chi connectivity index (χ2v) is 8.47. The molecule has 1 unspecified atom stereocenters. The number of nitrogens with zero attached hydrogens (tertiary/aromatic N) is 3. The highest BCUT2D eigenvalue weighted by atomic mass is 16.4. The maximum atomic E-state index is 9.10. The van der Waals surface area contributed by atoms with Crippen molar-refractivity contribution in [3.63, 3.8) is 0 Å². The van der Waals surface area contributed by atoms with Crippen molar-refractivity contribution < 1.29 is 19.8 Å². The first-order chi connectivity index (χ1) is 17.0. The summed E-state index contributed by atoms with van der Waals surface area (Å²) >= 11 is 0. The normalized spacial score (nSPS) is 15.5. The van der Waals surface area contributed by atoms with Crippen molar-refractivity contribution in [1.82, 2.24) is 19.8 Å². The molecule has 2 heterocycles. The molecule has 1 aliphatic heterocycles. The van der Waals surface area contributed by atoms with Gasteiger partial charge in [0.1, 0.15) is 6.33 Å². The SMILES string of the molecule is O=C(O)C(=O)O.c1ccc(CN2CCC(NCc3ccc(-n4cnc5ccccc54)cc3)C2)cc1. The summed E-state index contributed by atoms with van der Waals surface area (Å²) < 4.78 is 2.14. The number of likely N-dealkylation sites (tertiary alicyclic amines) is 1. The number of benzene rings is 3. The molecule has 0 bridgehead atoms. The molecule has 5 rings (SSSR count). The van der Waals surface area contributed by atoms with E-state index in [1.807, 2.05) is 18.5 Å². The minimum absolute atomic E-state index is 0.566. The van der Waals surface area contributed by atoms with Gasteiger partial charge in [0.05, 0.1) is 11.0 Å². The lowest BCUT2D eigenvalue weighted by atomic mass is 10.1. The van der Waals surface area contributed by atoms with Crippen LogP contribution in [0.5, 0.6) is 0 Å². The van der Waals surface area contributed by atoms with Crippen LogP contribution in [0.1, 0.15) is 17.5 Å². The quantitative estimate of drug-likeness (QED) is 0.368. The second kappa shape index (κ2) is 11.4. The van der Waals surface area contributed by atoms with Gasteiger partial charge in [0.25, 0.3) is 0 Å². The summed E-state index contributed by atoms with van der Waals surface area (Å²) in [5.41, 5.74) is 6.04. The van der Waals surface area contributed by atoms with E-state index in [0.717, 1.165) is 36.4 Å². The molecule has 1 fully saturated rings. The number of carboxylic acid groups (broad SMARTS) is 2. The van der Waals surface area contributed by atoms with Crippen molar-refractivity contribution in [2.45, 2.75) is 25.6 Å². The Morgan fingerprint density at radius 2 is 1.57 bits per heavy atom. The van der Waals surface area contributed by atoms with E-state index in [1.54, 1.807) is 0 Å². The fourth-order valence-corrected chi connectivity index (χ4v) is 4.19. The Morgan fingerprint density at radius 3 is 2.29 bits per heavy atom. The van der Waals surface area contributed by atoms with E-state index in [2.05, 4.69) is 86.5 Å². The predicted octanol–water partition coefficient (Wildman–Crippen LogP) is 3.55. The maximum Gasteiger partial charge on any atom is 0.414 e. The van der Waals surface area contributed by atoms with E-state index in [4.69, 9.17) is 19.8 Å². The minimum Gasteiger partial charge on any atom is -0.473 e. The molecular weight excluding hydrogens is 444 g/mol. The lowest BCUT2D eigenvalue weighted by Crippen LogP contribution is -2.31. The van der Waals surface area contributed by atoms with Crippen LogP contribution in [0.25, 0.3) is 16.7 Å². The molecule has 1 aliphatic rings. The van der Waals surface area contributed by atoms with Crippen LogP contribution in [0.3, 0.4) is 0 Å². The van der Waals surface area contributed by atoms with Crippen molar-refractivity contribution in [2.75, 3.05) is 13.1 Å². The number of aliphatic carboxylic acids is 2. The monoisotopic (exact) mass is 472 g/mol. The van der Waals surface area contributed by atoms with Gasteiger partial charge in [-0.3, -0.25) is 9.47 Å². The number of hydrogen-bond acceptors (Lipinski definition) is 5. The standard InChI is InChI=1S/C25H26N4.C2H2O4/c1-2-6-21(7-3-1)17-28-15-14-22(18-28)26-16-20-10-12-23(13-11-20)29-19-27-24-8-4-5-9-25(24)29;3-1(4)2(5)6/h1-13,19,22,26H,14-18H2;(H,3,4)(H,5,6). The Bertz CT molecular complexity index is 1260. The van der Waals surface area contributed by atoms with Crippen molar-refractivity contribution in [2.24, 2.45) is 0 Å². The van der Waals surface area contributed by atoms with Crippen LogP contribution in [-0.4, -0.2) is 55.7 Å². The largest absolute Gasteiger partial charge is 0.473 e. The highest BCUT2D eigenvalue weighted by Crippen LogP contribution is 2.19. The van der Waals surface area contributed by atoms with E-state index in [9.17, 15) is 0 Å². The first kappa shape index (κ1) is 24.1. The molecule has 0 amide bonds. The van der Waals surface area contributed by atoms with Crippen molar-refractivity contribution in [3.05, 3.63) is 96.3 Å². The third kappa shape index (κ3) is 6.53. The zero-order chi connectivity index (χ0) is 24.6. The summed E-state index contributed by atoms with van der Waals surface area (Å²) in [7, 11) is 0. The van der Waals surface area contributed by atoms with Gasteiger partial charge in [0, 0.05) is 37.9 Å². The predicted molar refractivity (Wildman–Crippen MR) is 133 cm³/mol. The van der Waals surface area contributed by atoms with E-state index in [1.165, 1.54) is 24.1 Å². The molecule has 1 saturated heterocycles. The van der Waals surface area contributed by atoms with E-state index >= 15 is 0 Å². The fraction of sp³-hybridized carbons (Fsp3) is 0.222. The molecule has 180 valence electrons. The first-order valence-electron chi connectivity index (χ1n) is 11.5. The number of rotatable bonds is 6. The number of hydrogen-bond donors (Lipinski definition) is 3. The van der Waals surface area contributed by atoms with Crippen molar-refractivity contribution in [1.29, 1.82) is 0 Å². The van der Waals surface area contributed by atoms with Crippen LogP contribution >= 0.6 is 0 Å². The van der Waals surface area contributed by atoms with Crippen LogP contribution in [0.15, 0.2) is 85.2 Å². The topological polar surface area (TPSA) is 108 Å². The smallest absolute Gasteiger partial charge is 0.414 e. The summed E-state index contributed by atoms with van der Waals surface area (Å²) in [5.74, 6) is -3.65. The number of imidazole rings is 1. The van der Waals surface area contributed by atoms with E-state index in [-0.39, 0.29) is 0 Å². The third-order valence-corrected chi connectivity index (χ3v) is 5.97. The number of para-hydroxylation sites is 2. The average molecular weight is 473 g/mol. The molecule has 0 aliphatic carbocycles. The molecule has 4 aromatic rings. The molecule has 1 aromatic heterocycles. The maximum absolute atomic E-state index is 9.10. The average Bonchev–Trinajstić information content (AvgIpc) is 3.51. The Morgan fingerprint density at radius 1 is 0.886 bits per heavy atom. The van der Waals surface area contributed by atoms with Crippen LogP contribution in [0.4, 0.5) is 0 Å². The molecule has 1 atom stereocenters. The highest BCUT2D eigenvalue weighted by Gasteiger charge is 2.21. The summed E-state index contributed by atoms with van der Waals surface area (Å²) in [4.78, 5) is 25.2. The number of nitrogens with one attached hydrogen (secondary N) is 1. The van der Waals surface area contributed by atoms with Gasteiger partial charge in [-0.05, 0) is 41.8 Å². The van der Waals surface area contributed by atoms with Crippen LogP contribution in [0.2, 0.25) is 0 Å². The zero-order valence-corrected chi connectivity index (χ0v) is 19.2. The second-order valence-electron chi connectivity index (χ2n) is 8.47. The van der Waals surface area contributed by atoms with Crippen LogP contribution < -0.4 is 5.32 Å². The van der Waals surface area contributed by atoms with E-state index in [0.29, 0.717) is 6.04 Å². The number of aromatic nitrogens is 2. The lowest BCUT2D eigenvalue weighted by Gasteiger charge is -2.17. The highest BCUT2D eigenvalue weighted by molar-refractivity contribution is 6.27. The van der Waals surface area contributed by atoms with Crippen molar-refractivity contribution >= 4 is 23.0 Å². The Kier molecular flexibility index (Phi) is 7.87. The van der Waals surface area contributed by atoms with Gasteiger partial charge in [-0.15, -0.1) is 0 Å². The number of carboxylic acids is 2. The molecule has 8 nitrogen and oxygen atoms in total. The summed E-state index contributed by atoms with van der Waals surface area (Å²) in [6.07, 6.45) is 3.11. The minimum atomic E-state index is -1.82. The molecule has 0 saturated carbocycles. The van der Waals surface area contributed by atoms with Gasteiger partial charge in [-0.25, -0.2) is 14.6 Å². The first-order valence-corrected chi connectivity index (χ1v) is 11.5.